The summed E-state index contributed by atoms with van der Waals surface area (Å²) in [6.45, 7) is 8.08. The lowest BCUT2D eigenvalue weighted by atomic mass is 9.93. The second kappa shape index (κ2) is 9.02. The number of rotatable bonds is 8. The highest BCUT2D eigenvalue weighted by atomic mass is 32.2. The van der Waals surface area contributed by atoms with Crippen LogP contribution < -0.4 is 15.8 Å². The standard InChI is InChI=1S/C19H26N4O4S2/c1-12(23-29(26,27)14-7-5-13(6-8-14)17(20)24)18(25)21-10-9-16-22-15(11-28-16)19(2,3)4/h5-8,11-12,23H,9-10H2,1-4H3,(H2,20,24)(H,21,25)/t12-/m1/s1. The lowest BCUT2D eigenvalue weighted by molar-refractivity contribution is -0.122. The Labute approximate surface area is 175 Å². The van der Waals surface area contributed by atoms with Crippen molar-refractivity contribution in [2.75, 3.05) is 6.54 Å². The van der Waals surface area contributed by atoms with Gasteiger partial charge in [-0.3, -0.25) is 9.59 Å². The Morgan fingerprint density at radius 2 is 1.83 bits per heavy atom. The zero-order valence-corrected chi connectivity index (χ0v) is 18.5. The number of amides is 2. The van der Waals surface area contributed by atoms with Crippen molar-refractivity contribution in [3.05, 3.63) is 45.9 Å². The second-order valence-corrected chi connectivity index (χ2v) is 10.3. The first-order chi connectivity index (χ1) is 13.4. The van der Waals surface area contributed by atoms with Gasteiger partial charge >= 0.3 is 0 Å². The molecular weight excluding hydrogens is 412 g/mol. The van der Waals surface area contributed by atoms with Crippen LogP contribution in [0.2, 0.25) is 0 Å². The molecule has 1 atom stereocenters. The Kier molecular flexibility index (Phi) is 7.15. The maximum atomic E-state index is 12.4. The number of carbonyl (C=O) groups excluding carboxylic acids is 2. The molecule has 8 nitrogen and oxygen atoms in total. The number of sulfonamides is 1. The molecule has 0 bridgehead atoms. The van der Waals surface area contributed by atoms with Crippen LogP contribution in [0, 0.1) is 0 Å². The first kappa shape index (κ1) is 23.0. The van der Waals surface area contributed by atoms with Gasteiger partial charge in [-0.25, -0.2) is 13.4 Å². The number of primary amides is 1. The van der Waals surface area contributed by atoms with Gasteiger partial charge in [0.15, 0.2) is 0 Å². The molecule has 10 heteroatoms. The lowest BCUT2D eigenvalue weighted by Gasteiger charge is -2.15. The topological polar surface area (TPSA) is 131 Å². The summed E-state index contributed by atoms with van der Waals surface area (Å²) in [5, 5.41) is 5.64. The summed E-state index contributed by atoms with van der Waals surface area (Å²) >= 11 is 1.54. The highest BCUT2D eigenvalue weighted by molar-refractivity contribution is 7.89. The third kappa shape index (κ3) is 6.34. The van der Waals surface area contributed by atoms with Crippen LogP contribution in [0.4, 0.5) is 0 Å². The van der Waals surface area contributed by atoms with Gasteiger partial charge < -0.3 is 11.1 Å². The van der Waals surface area contributed by atoms with E-state index in [1.54, 1.807) is 11.3 Å². The number of thiazole rings is 1. The van der Waals surface area contributed by atoms with E-state index in [2.05, 4.69) is 35.8 Å². The zero-order chi connectivity index (χ0) is 21.8. The van der Waals surface area contributed by atoms with E-state index in [9.17, 15) is 18.0 Å². The average Bonchev–Trinajstić information content (AvgIpc) is 3.10. The largest absolute Gasteiger partial charge is 0.366 e. The molecule has 0 saturated heterocycles. The number of benzene rings is 1. The third-order valence-corrected chi connectivity index (χ3v) is 6.60. The Morgan fingerprint density at radius 3 is 2.34 bits per heavy atom. The highest BCUT2D eigenvalue weighted by Gasteiger charge is 2.22. The van der Waals surface area contributed by atoms with Gasteiger partial charge in [0.05, 0.1) is 21.6 Å². The van der Waals surface area contributed by atoms with Gasteiger partial charge in [0.1, 0.15) is 0 Å². The molecule has 2 amide bonds. The minimum absolute atomic E-state index is 0.0273. The van der Waals surface area contributed by atoms with Crippen LogP contribution in [-0.2, 0) is 26.7 Å². The van der Waals surface area contributed by atoms with Gasteiger partial charge in [0.2, 0.25) is 21.8 Å². The van der Waals surface area contributed by atoms with Crippen LogP contribution in [0.1, 0.15) is 48.8 Å². The predicted octanol–water partition coefficient (Wildman–Crippen LogP) is 1.57. The van der Waals surface area contributed by atoms with E-state index >= 15 is 0 Å². The fraction of sp³-hybridized carbons (Fsp3) is 0.421. The van der Waals surface area contributed by atoms with E-state index in [4.69, 9.17) is 5.73 Å². The first-order valence-electron chi connectivity index (χ1n) is 9.05. The number of nitrogens with two attached hydrogens (primary N) is 1. The van der Waals surface area contributed by atoms with Crippen molar-refractivity contribution in [2.24, 2.45) is 5.73 Å². The summed E-state index contributed by atoms with van der Waals surface area (Å²) in [6, 6.07) is 4.21. The molecule has 0 spiro atoms. The summed E-state index contributed by atoms with van der Waals surface area (Å²) in [5.74, 6) is -1.08. The molecule has 0 aliphatic heterocycles. The van der Waals surface area contributed by atoms with Crippen LogP contribution in [0.5, 0.6) is 0 Å². The highest BCUT2D eigenvalue weighted by Crippen LogP contribution is 2.23. The Balaban J connectivity index is 1.89. The van der Waals surface area contributed by atoms with Crippen molar-refractivity contribution < 1.29 is 18.0 Å². The number of carbonyl (C=O) groups is 2. The number of hydrogen-bond acceptors (Lipinski definition) is 6. The quantitative estimate of drug-likeness (QED) is 0.576. The summed E-state index contributed by atoms with van der Waals surface area (Å²) < 4.78 is 27.1. The molecule has 158 valence electrons. The molecule has 0 aliphatic rings. The Morgan fingerprint density at radius 1 is 1.21 bits per heavy atom. The molecule has 1 aromatic heterocycles. The van der Waals surface area contributed by atoms with E-state index in [0.29, 0.717) is 13.0 Å². The van der Waals surface area contributed by atoms with Gasteiger partial charge in [-0.15, -0.1) is 11.3 Å². The molecule has 0 saturated carbocycles. The Bertz CT molecular complexity index is 976. The number of aromatic nitrogens is 1. The predicted molar refractivity (Wildman–Crippen MR) is 112 cm³/mol. The van der Waals surface area contributed by atoms with Crippen molar-refractivity contribution >= 4 is 33.2 Å². The van der Waals surface area contributed by atoms with Crippen molar-refractivity contribution in [1.29, 1.82) is 0 Å². The third-order valence-electron chi connectivity index (χ3n) is 4.13. The Hall–Kier alpha value is -2.30. The molecule has 1 heterocycles. The van der Waals surface area contributed by atoms with E-state index in [0.717, 1.165) is 10.7 Å². The lowest BCUT2D eigenvalue weighted by Crippen LogP contribution is -2.45. The number of hydrogen-bond donors (Lipinski definition) is 3. The van der Waals surface area contributed by atoms with Crippen molar-refractivity contribution in [3.63, 3.8) is 0 Å². The van der Waals surface area contributed by atoms with Gasteiger partial charge in [-0.05, 0) is 31.2 Å². The molecule has 2 aromatic rings. The molecule has 29 heavy (non-hydrogen) atoms. The summed E-state index contributed by atoms with van der Waals surface area (Å²) in [4.78, 5) is 27.8. The average molecular weight is 439 g/mol. The van der Waals surface area contributed by atoms with Crippen LogP contribution in [0.25, 0.3) is 0 Å². The SMILES string of the molecule is C[C@@H](NS(=O)(=O)c1ccc(C(N)=O)cc1)C(=O)NCCc1nc(C(C)(C)C)cs1. The first-order valence-corrected chi connectivity index (χ1v) is 11.4. The van der Waals surface area contributed by atoms with E-state index in [-0.39, 0.29) is 15.9 Å². The molecule has 4 N–H and O–H groups in total. The van der Waals surface area contributed by atoms with E-state index in [1.165, 1.54) is 31.2 Å². The molecule has 2 rings (SSSR count). The normalized spacial score (nSPS) is 13.1. The summed E-state index contributed by atoms with van der Waals surface area (Å²) in [6.07, 6.45) is 0.570. The molecule has 0 aliphatic carbocycles. The summed E-state index contributed by atoms with van der Waals surface area (Å²) in [5.41, 5.74) is 6.32. The van der Waals surface area contributed by atoms with Gasteiger partial charge in [0.25, 0.3) is 0 Å². The van der Waals surface area contributed by atoms with Crippen LogP contribution >= 0.6 is 11.3 Å². The van der Waals surface area contributed by atoms with Crippen molar-refractivity contribution in [3.8, 4) is 0 Å². The minimum atomic E-state index is -3.91. The van der Waals surface area contributed by atoms with Gasteiger partial charge in [-0.2, -0.15) is 4.72 Å². The molecule has 0 radical (unpaired) electrons. The van der Waals surface area contributed by atoms with Gasteiger partial charge in [0, 0.05) is 29.3 Å². The smallest absolute Gasteiger partial charge is 0.248 e. The number of nitrogens with one attached hydrogen (secondary N) is 2. The monoisotopic (exact) mass is 438 g/mol. The molecule has 0 unspecified atom stereocenters. The van der Waals surface area contributed by atoms with Crippen LogP contribution in [-0.4, -0.2) is 37.8 Å². The van der Waals surface area contributed by atoms with E-state index < -0.39 is 27.9 Å². The van der Waals surface area contributed by atoms with Gasteiger partial charge in [-0.1, -0.05) is 20.8 Å². The van der Waals surface area contributed by atoms with Crippen molar-refractivity contribution in [2.45, 2.75) is 50.5 Å². The fourth-order valence-electron chi connectivity index (χ4n) is 2.37. The zero-order valence-electron chi connectivity index (χ0n) is 16.9. The van der Waals surface area contributed by atoms with Crippen LogP contribution in [0.15, 0.2) is 34.5 Å². The molecule has 0 fully saturated rings. The molecule has 1 aromatic carbocycles. The maximum Gasteiger partial charge on any atom is 0.248 e. The maximum absolute atomic E-state index is 12.4. The molecular formula is C19H26N4O4S2. The van der Waals surface area contributed by atoms with Crippen LogP contribution in [0.3, 0.4) is 0 Å². The fourth-order valence-corrected chi connectivity index (χ4v) is 4.60. The van der Waals surface area contributed by atoms with Crippen molar-refractivity contribution in [1.82, 2.24) is 15.0 Å². The second-order valence-electron chi connectivity index (χ2n) is 7.65. The minimum Gasteiger partial charge on any atom is -0.366 e. The van der Waals surface area contributed by atoms with E-state index in [1.807, 2.05) is 5.38 Å². The number of nitrogens with zero attached hydrogens (tertiary/aromatic N) is 1. The summed E-state index contributed by atoms with van der Waals surface area (Å²) in [7, 11) is -3.91.